The van der Waals surface area contributed by atoms with Crippen LogP contribution in [0.15, 0.2) is 17.0 Å². The second kappa shape index (κ2) is 5.11. The molecule has 0 saturated heterocycles. The highest BCUT2D eigenvalue weighted by Crippen LogP contribution is 2.26. The Hall–Kier alpha value is -1.11. The molecule has 0 heterocycles. The van der Waals surface area contributed by atoms with Gasteiger partial charge >= 0.3 is 5.97 Å². The van der Waals surface area contributed by atoms with Crippen LogP contribution in [0.1, 0.15) is 36.7 Å². The van der Waals surface area contributed by atoms with E-state index in [-0.39, 0.29) is 15.5 Å². The summed E-state index contributed by atoms with van der Waals surface area (Å²) in [7, 11) is -4.00. The van der Waals surface area contributed by atoms with E-state index in [1.165, 1.54) is 6.07 Å². The van der Waals surface area contributed by atoms with Crippen LogP contribution in [-0.4, -0.2) is 20.0 Å². The van der Waals surface area contributed by atoms with Gasteiger partial charge in [-0.15, -0.1) is 0 Å². The molecule has 1 aromatic rings. The number of hydrogen-bond acceptors (Lipinski definition) is 4. The van der Waals surface area contributed by atoms with Crippen LogP contribution < -0.4 is 5.14 Å². The van der Waals surface area contributed by atoms with E-state index in [4.69, 9.17) is 21.5 Å². The predicted molar refractivity (Wildman–Crippen MR) is 72.7 cm³/mol. The van der Waals surface area contributed by atoms with Crippen LogP contribution >= 0.6 is 11.6 Å². The molecule has 1 rings (SSSR count). The van der Waals surface area contributed by atoms with Gasteiger partial charge in [0.1, 0.15) is 10.5 Å². The van der Waals surface area contributed by atoms with Crippen LogP contribution in [0.3, 0.4) is 0 Å². The summed E-state index contributed by atoms with van der Waals surface area (Å²) in [4.78, 5) is 11.6. The van der Waals surface area contributed by atoms with E-state index in [0.29, 0.717) is 5.56 Å². The Balaban J connectivity index is 3.33. The summed E-state index contributed by atoms with van der Waals surface area (Å²) in [5, 5.41) is 5.07. The first-order chi connectivity index (χ1) is 8.42. The maximum absolute atomic E-state index is 11.9. The fourth-order valence-electron chi connectivity index (χ4n) is 1.40. The number of esters is 1. The lowest BCUT2D eigenvalue weighted by Gasteiger charge is -2.20. The smallest absolute Gasteiger partial charge is 0.338 e. The number of ether oxygens (including phenoxy) is 1. The van der Waals surface area contributed by atoms with Gasteiger partial charge in [0, 0.05) is 0 Å². The van der Waals surface area contributed by atoms with E-state index < -0.39 is 21.6 Å². The maximum Gasteiger partial charge on any atom is 0.338 e. The van der Waals surface area contributed by atoms with E-state index >= 15 is 0 Å². The Morgan fingerprint density at radius 2 is 1.84 bits per heavy atom. The average Bonchev–Trinajstić information content (AvgIpc) is 2.17. The molecule has 0 bridgehead atoms. The SMILES string of the molecule is Cc1cc(C(=O)OC(C)(C)C)cc(S(N)(=O)=O)c1Cl. The Bertz CT molecular complexity index is 617. The normalized spacial score (nSPS) is 12.3. The summed E-state index contributed by atoms with van der Waals surface area (Å²) in [6, 6.07) is 2.59. The minimum Gasteiger partial charge on any atom is -0.456 e. The molecule has 0 aliphatic carbocycles. The summed E-state index contributed by atoms with van der Waals surface area (Å²) in [6.45, 7) is 6.74. The van der Waals surface area contributed by atoms with Gasteiger partial charge < -0.3 is 4.74 Å². The molecule has 0 radical (unpaired) electrons. The van der Waals surface area contributed by atoms with Crippen molar-refractivity contribution in [2.45, 2.75) is 38.2 Å². The fraction of sp³-hybridized carbons (Fsp3) is 0.417. The number of nitrogens with two attached hydrogens (primary N) is 1. The Labute approximate surface area is 117 Å². The molecule has 0 unspecified atom stereocenters. The third kappa shape index (κ3) is 4.19. The van der Waals surface area contributed by atoms with Crippen molar-refractivity contribution in [1.82, 2.24) is 0 Å². The summed E-state index contributed by atoms with van der Waals surface area (Å²) in [5.41, 5.74) is -0.137. The van der Waals surface area contributed by atoms with Crippen LogP contribution in [0, 0.1) is 6.92 Å². The number of sulfonamides is 1. The highest BCUT2D eigenvalue weighted by molar-refractivity contribution is 7.89. The van der Waals surface area contributed by atoms with Gasteiger partial charge in [0.2, 0.25) is 10.0 Å². The molecular weight excluding hydrogens is 290 g/mol. The van der Waals surface area contributed by atoms with Crippen molar-refractivity contribution in [3.63, 3.8) is 0 Å². The van der Waals surface area contributed by atoms with Crippen LogP contribution in [-0.2, 0) is 14.8 Å². The number of carbonyl (C=O) groups excluding carboxylic acids is 1. The molecule has 106 valence electrons. The third-order valence-corrected chi connectivity index (χ3v) is 3.71. The lowest BCUT2D eigenvalue weighted by Crippen LogP contribution is -2.24. The van der Waals surface area contributed by atoms with Gasteiger partial charge in [-0.2, -0.15) is 0 Å². The minimum atomic E-state index is -4.00. The minimum absolute atomic E-state index is 0.00908. The van der Waals surface area contributed by atoms with Crippen LogP contribution in [0.5, 0.6) is 0 Å². The van der Waals surface area contributed by atoms with Gasteiger partial charge in [-0.25, -0.2) is 18.4 Å². The molecule has 0 amide bonds. The van der Waals surface area contributed by atoms with E-state index in [9.17, 15) is 13.2 Å². The van der Waals surface area contributed by atoms with Gasteiger partial charge in [-0.1, -0.05) is 11.6 Å². The summed E-state index contributed by atoms with van der Waals surface area (Å²) in [5.74, 6) is -0.628. The number of primary sulfonamides is 1. The molecule has 0 spiro atoms. The summed E-state index contributed by atoms with van der Waals surface area (Å²) < 4.78 is 28.0. The van der Waals surface area contributed by atoms with E-state index in [1.54, 1.807) is 27.7 Å². The van der Waals surface area contributed by atoms with Gasteiger partial charge in [-0.05, 0) is 45.4 Å². The Morgan fingerprint density at radius 1 is 1.32 bits per heavy atom. The zero-order valence-electron chi connectivity index (χ0n) is 11.2. The molecule has 2 N–H and O–H groups in total. The quantitative estimate of drug-likeness (QED) is 0.849. The molecule has 7 heteroatoms. The van der Waals surface area contributed by atoms with E-state index in [2.05, 4.69) is 0 Å². The number of carbonyl (C=O) groups is 1. The fourth-order valence-corrected chi connectivity index (χ4v) is 2.53. The molecular formula is C12H16ClNO4S. The van der Waals surface area contributed by atoms with Crippen LogP contribution in [0.4, 0.5) is 0 Å². The Kier molecular flexibility index (Phi) is 4.29. The molecule has 0 aliphatic heterocycles. The average molecular weight is 306 g/mol. The first-order valence-corrected chi connectivity index (χ1v) is 7.40. The molecule has 1 aromatic carbocycles. The monoisotopic (exact) mass is 305 g/mol. The van der Waals surface area contributed by atoms with Crippen molar-refractivity contribution >= 4 is 27.6 Å². The van der Waals surface area contributed by atoms with Crippen molar-refractivity contribution < 1.29 is 17.9 Å². The standard InChI is InChI=1S/C12H16ClNO4S/c1-7-5-8(11(15)18-12(2,3)4)6-9(10(7)13)19(14,16)17/h5-6H,1-4H3,(H2,14,16,17). The van der Waals surface area contributed by atoms with Gasteiger partial charge in [0.05, 0.1) is 10.6 Å². The number of hydrogen-bond donors (Lipinski definition) is 1. The van der Waals surface area contributed by atoms with E-state index in [0.717, 1.165) is 6.07 Å². The van der Waals surface area contributed by atoms with Crippen LogP contribution in [0.25, 0.3) is 0 Å². The largest absolute Gasteiger partial charge is 0.456 e. The summed E-state index contributed by atoms with van der Waals surface area (Å²) >= 11 is 5.88. The van der Waals surface area contributed by atoms with Crippen molar-refractivity contribution in [2.24, 2.45) is 5.14 Å². The molecule has 0 fully saturated rings. The zero-order chi connectivity index (χ0) is 15.0. The highest BCUT2D eigenvalue weighted by atomic mass is 35.5. The van der Waals surface area contributed by atoms with Crippen molar-refractivity contribution in [1.29, 1.82) is 0 Å². The molecule has 0 aliphatic rings. The second-order valence-electron chi connectivity index (χ2n) is 5.15. The molecule has 0 saturated carbocycles. The lowest BCUT2D eigenvalue weighted by atomic mass is 10.1. The van der Waals surface area contributed by atoms with Crippen molar-refractivity contribution in [2.75, 3.05) is 0 Å². The topological polar surface area (TPSA) is 86.5 Å². The zero-order valence-corrected chi connectivity index (χ0v) is 12.7. The number of halogens is 1. The molecule has 5 nitrogen and oxygen atoms in total. The van der Waals surface area contributed by atoms with Gasteiger partial charge in [0.15, 0.2) is 0 Å². The summed E-state index contributed by atoms with van der Waals surface area (Å²) in [6.07, 6.45) is 0. The van der Waals surface area contributed by atoms with Gasteiger partial charge in [0.25, 0.3) is 0 Å². The molecule has 0 atom stereocenters. The third-order valence-electron chi connectivity index (χ3n) is 2.16. The number of rotatable bonds is 2. The van der Waals surface area contributed by atoms with Crippen LogP contribution in [0.2, 0.25) is 5.02 Å². The molecule has 19 heavy (non-hydrogen) atoms. The second-order valence-corrected chi connectivity index (χ2v) is 7.06. The lowest BCUT2D eigenvalue weighted by molar-refractivity contribution is 0.00691. The van der Waals surface area contributed by atoms with E-state index in [1.807, 2.05) is 0 Å². The first kappa shape index (κ1) is 15.9. The highest BCUT2D eigenvalue weighted by Gasteiger charge is 2.22. The Morgan fingerprint density at radius 3 is 2.26 bits per heavy atom. The predicted octanol–water partition coefficient (Wildman–Crippen LogP) is 2.25. The van der Waals surface area contributed by atoms with Gasteiger partial charge in [-0.3, -0.25) is 0 Å². The number of benzene rings is 1. The molecule has 0 aromatic heterocycles. The first-order valence-electron chi connectivity index (χ1n) is 5.48. The van der Waals surface area contributed by atoms with Crippen molar-refractivity contribution in [3.05, 3.63) is 28.3 Å². The number of aryl methyl sites for hydroxylation is 1. The van der Waals surface area contributed by atoms with Crippen molar-refractivity contribution in [3.8, 4) is 0 Å². The maximum atomic E-state index is 11.9.